The van der Waals surface area contributed by atoms with Crippen molar-refractivity contribution in [3.05, 3.63) is 12.2 Å². The fourth-order valence-corrected chi connectivity index (χ4v) is 1.73. The summed E-state index contributed by atoms with van der Waals surface area (Å²) in [5, 5.41) is 5.21. The van der Waals surface area contributed by atoms with Gasteiger partial charge in [0.15, 0.2) is 0 Å². The molecule has 90 valence electrons. The Morgan fingerprint density at radius 2 is 2.31 bits per heavy atom. The number of nitrogens with one attached hydrogen (secondary N) is 2. The van der Waals surface area contributed by atoms with Crippen LogP contribution in [0.1, 0.15) is 12.8 Å². The first-order valence-corrected chi connectivity index (χ1v) is 5.47. The summed E-state index contributed by atoms with van der Waals surface area (Å²) in [4.78, 5) is 22.6. The molecule has 2 N–H and O–H groups in total. The van der Waals surface area contributed by atoms with E-state index >= 15 is 0 Å². The summed E-state index contributed by atoms with van der Waals surface area (Å²) in [6.07, 6.45) is 1.05. The molecule has 0 aromatic rings. The first-order valence-electron chi connectivity index (χ1n) is 4.94. The number of hydrogen-bond donors (Lipinski definition) is 2. The van der Waals surface area contributed by atoms with Crippen molar-refractivity contribution in [2.75, 3.05) is 13.0 Å². The molecule has 0 spiro atoms. The molecule has 2 amide bonds. The molecular formula is C10H15ClN2O3. The topological polar surface area (TPSA) is 67.4 Å². The predicted molar refractivity (Wildman–Crippen MR) is 60.4 cm³/mol. The molecule has 5 nitrogen and oxygen atoms in total. The van der Waals surface area contributed by atoms with Crippen LogP contribution in [0, 0.1) is 0 Å². The van der Waals surface area contributed by atoms with E-state index in [1.165, 1.54) is 7.11 Å². The number of methoxy groups -OCH3 is 1. The van der Waals surface area contributed by atoms with Crippen molar-refractivity contribution in [1.29, 1.82) is 0 Å². The Bertz CT molecular complexity index is 306. The van der Waals surface area contributed by atoms with E-state index in [2.05, 4.69) is 21.9 Å². The molecule has 1 aliphatic heterocycles. The van der Waals surface area contributed by atoms with Gasteiger partial charge in [0, 0.05) is 11.9 Å². The predicted octanol–water partition coefficient (Wildman–Crippen LogP) is 0.785. The summed E-state index contributed by atoms with van der Waals surface area (Å²) in [5.74, 6) is -0.0841. The molecule has 6 heteroatoms. The zero-order valence-electron chi connectivity index (χ0n) is 9.09. The van der Waals surface area contributed by atoms with Crippen LogP contribution in [0.2, 0.25) is 0 Å². The Morgan fingerprint density at radius 3 is 2.88 bits per heavy atom. The van der Waals surface area contributed by atoms with Crippen LogP contribution in [-0.4, -0.2) is 37.1 Å². The lowest BCUT2D eigenvalue weighted by Gasteiger charge is -2.29. The van der Waals surface area contributed by atoms with Gasteiger partial charge in [0.25, 0.3) is 0 Å². The van der Waals surface area contributed by atoms with Crippen LogP contribution in [-0.2, 0) is 9.53 Å². The minimum Gasteiger partial charge on any atom is -0.467 e. The summed E-state index contributed by atoms with van der Waals surface area (Å²) < 4.78 is 4.59. The summed E-state index contributed by atoms with van der Waals surface area (Å²) >= 11 is 5.61. The van der Waals surface area contributed by atoms with Crippen molar-refractivity contribution < 1.29 is 14.3 Å². The second-order valence-electron chi connectivity index (χ2n) is 3.71. The van der Waals surface area contributed by atoms with Crippen LogP contribution in [0.3, 0.4) is 0 Å². The molecule has 1 saturated heterocycles. The molecule has 1 rings (SSSR count). The molecule has 0 aromatic carbocycles. The van der Waals surface area contributed by atoms with E-state index in [4.69, 9.17) is 11.6 Å². The minimum absolute atomic E-state index is 0.121. The largest absolute Gasteiger partial charge is 0.467 e. The highest BCUT2D eigenvalue weighted by Gasteiger charge is 2.31. The number of alkyl halides is 1. The Labute approximate surface area is 99.2 Å². The number of carbonyl (C=O) groups is 2. The Balaban J connectivity index is 2.57. The summed E-state index contributed by atoms with van der Waals surface area (Å²) in [6.45, 7) is 3.76. The first kappa shape index (κ1) is 12.8. The molecule has 0 radical (unpaired) electrons. The van der Waals surface area contributed by atoms with Gasteiger partial charge in [-0.25, -0.2) is 9.59 Å². The smallest absolute Gasteiger partial charge is 0.328 e. The zero-order valence-corrected chi connectivity index (χ0v) is 9.84. The Hall–Kier alpha value is -1.23. The van der Waals surface area contributed by atoms with Crippen LogP contribution < -0.4 is 10.6 Å². The maximum atomic E-state index is 11.3. The zero-order chi connectivity index (χ0) is 12.1. The highest BCUT2D eigenvalue weighted by molar-refractivity contribution is 6.19. The standard InChI is InChI=1S/C10H15ClN2O3/c1-6(5-11)3-7-4-8(9(14)16-2)13-10(15)12-7/h7-8H,1,3-5H2,2H3,(H2,12,13,15)/t7-,8+/m1/s1. The van der Waals surface area contributed by atoms with E-state index in [-0.39, 0.29) is 12.1 Å². The van der Waals surface area contributed by atoms with Crippen molar-refractivity contribution in [2.24, 2.45) is 0 Å². The molecule has 0 aromatic heterocycles. The second-order valence-corrected chi connectivity index (χ2v) is 3.98. The molecule has 0 aliphatic carbocycles. The SMILES string of the molecule is C=C(CCl)C[C@@H]1C[C@@H](C(=O)OC)NC(=O)N1. The number of halogens is 1. The molecule has 16 heavy (non-hydrogen) atoms. The Morgan fingerprint density at radius 1 is 1.62 bits per heavy atom. The number of hydrogen-bond acceptors (Lipinski definition) is 3. The van der Waals surface area contributed by atoms with Crippen LogP contribution in [0.15, 0.2) is 12.2 Å². The van der Waals surface area contributed by atoms with Gasteiger partial charge in [0.2, 0.25) is 0 Å². The average molecular weight is 247 g/mol. The number of carbonyl (C=O) groups excluding carboxylic acids is 2. The van der Waals surface area contributed by atoms with E-state index in [0.717, 1.165) is 5.57 Å². The third kappa shape index (κ3) is 3.41. The second kappa shape index (κ2) is 5.75. The number of esters is 1. The molecule has 1 aliphatic rings. The number of ether oxygens (including phenoxy) is 1. The summed E-state index contributed by atoms with van der Waals surface area (Å²) in [5.41, 5.74) is 0.831. The lowest BCUT2D eigenvalue weighted by atomic mass is 9.99. The van der Waals surface area contributed by atoms with Crippen LogP contribution >= 0.6 is 11.6 Å². The van der Waals surface area contributed by atoms with Crippen molar-refractivity contribution >= 4 is 23.6 Å². The van der Waals surface area contributed by atoms with Crippen LogP contribution in [0.5, 0.6) is 0 Å². The van der Waals surface area contributed by atoms with E-state index in [1.54, 1.807) is 0 Å². The lowest BCUT2D eigenvalue weighted by molar-refractivity contribution is -0.143. The third-order valence-electron chi connectivity index (χ3n) is 2.37. The maximum absolute atomic E-state index is 11.3. The van der Waals surface area contributed by atoms with E-state index in [1.807, 2.05) is 0 Å². The molecule has 0 unspecified atom stereocenters. The average Bonchev–Trinajstić information content (AvgIpc) is 2.27. The third-order valence-corrected chi connectivity index (χ3v) is 2.75. The Kier molecular flexibility index (Phi) is 4.61. The number of urea groups is 1. The number of amides is 2. The van der Waals surface area contributed by atoms with Gasteiger partial charge in [-0.2, -0.15) is 0 Å². The minimum atomic E-state index is -0.591. The first-order chi connectivity index (χ1) is 7.56. The summed E-state index contributed by atoms with van der Waals surface area (Å²) in [6, 6.07) is -1.08. The van der Waals surface area contributed by atoms with Crippen molar-refractivity contribution in [3.63, 3.8) is 0 Å². The van der Waals surface area contributed by atoms with Gasteiger partial charge in [-0.15, -0.1) is 11.6 Å². The fourth-order valence-electron chi connectivity index (χ4n) is 1.62. The number of rotatable bonds is 4. The van der Waals surface area contributed by atoms with E-state index < -0.39 is 12.0 Å². The molecular weight excluding hydrogens is 232 g/mol. The molecule has 0 saturated carbocycles. The van der Waals surface area contributed by atoms with Crippen molar-refractivity contribution in [2.45, 2.75) is 24.9 Å². The lowest BCUT2D eigenvalue weighted by Crippen LogP contribution is -2.57. The van der Waals surface area contributed by atoms with Gasteiger partial charge < -0.3 is 15.4 Å². The van der Waals surface area contributed by atoms with Crippen LogP contribution in [0.4, 0.5) is 4.79 Å². The highest BCUT2D eigenvalue weighted by atomic mass is 35.5. The van der Waals surface area contributed by atoms with Gasteiger partial charge in [0.05, 0.1) is 7.11 Å². The molecule has 2 atom stereocenters. The van der Waals surface area contributed by atoms with Gasteiger partial charge in [-0.05, 0) is 12.8 Å². The molecule has 0 bridgehead atoms. The molecule has 1 fully saturated rings. The van der Waals surface area contributed by atoms with Gasteiger partial charge in [-0.3, -0.25) is 0 Å². The van der Waals surface area contributed by atoms with E-state index in [9.17, 15) is 9.59 Å². The van der Waals surface area contributed by atoms with Gasteiger partial charge in [-0.1, -0.05) is 12.2 Å². The monoisotopic (exact) mass is 246 g/mol. The fraction of sp³-hybridized carbons (Fsp3) is 0.600. The maximum Gasteiger partial charge on any atom is 0.328 e. The van der Waals surface area contributed by atoms with Gasteiger partial charge in [0.1, 0.15) is 6.04 Å². The highest BCUT2D eigenvalue weighted by Crippen LogP contribution is 2.14. The van der Waals surface area contributed by atoms with Crippen molar-refractivity contribution in [3.8, 4) is 0 Å². The normalized spacial score (nSPS) is 24.2. The van der Waals surface area contributed by atoms with Gasteiger partial charge >= 0.3 is 12.0 Å². The van der Waals surface area contributed by atoms with E-state index in [0.29, 0.717) is 18.7 Å². The summed E-state index contributed by atoms with van der Waals surface area (Å²) in [7, 11) is 1.29. The van der Waals surface area contributed by atoms with Crippen LogP contribution in [0.25, 0.3) is 0 Å². The quantitative estimate of drug-likeness (QED) is 0.438. The van der Waals surface area contributed by atoms with Crippen molar-refractivity contribution in [1.82, 2.24) is 10.6 Å². The molecule has 1 heterocycles.